The van der Waals surface area contributed by atoms with Crippen LogP contribution in [0.2, 0.25) is 0 Å². The zero-order chi connectivity index (χ0) is 20.7. The Labute approximate surface area is 163 Å². The number of halogens is 2. The number of aromatic nitrogens is 1. The third-order valence-corrected chi connectivity index (χ3v) is 4.59. The number of Topliss-reactive ketones (excluding diaryl/α,β-unsaturated/α-hetero) is 1. The first-order chi connectivity index (χ1) is 13.9. The van der Waals surface area contributed by atoms with E-state index in [0.717, 1.165) is 23.1 Å². The van der Waals surface area contributed by atoms with Gasteiger partial charge in [0.2, 0.25) is 0 Å². The number of aryl methyl sites for hydroxylation is 1. The average Bonchev–Trinajstić information content (AvgIpc) is 3.23. The number of rotatable bonds is 3. The van der Waals surface area contributed by atoms with E-state index in [0.29, 0.717) is 5.76 Å². The largest absolute Gasteiger partial charge is 0.507 e. The molecule has 0 saturated carbocycles. The van der Waals surface area contributed by atoms with Gasteiger partial charge in [-0.05, 0) is 48.9 Å². The van der Waals surface area contributed by atoms with Crippen molar-refractivity contribution in [2.75, 3.05) is 4.90 Å². The van der Waals surface area contributed by atoms with Gasteiger partial charge in [-0.25, -0.2) is 8.78 Å². The number of nitrogens with zero attached hydrogens (tertiary/aromatic N) is 2. The summed E-state index contributed by atoms with van der Waals surface area (Å²) in [6.07, 6.45) is 0. The van der Waals surface area contributed by atoms with Gasteiger partial charge in [0.05, 0.1) is 11.6 Å². The van der Waals surface area contributed by atoms with Gasteiger partial charge in [-0.2, -0.15) is 0 Å². The van der Waals surface area contributed by atoms with Gasteiger partial charge < -0.3 is 9.63 Å². The minimum absolute atomic E-state index is 0.0528. The molecule has 3 aromatic rings. The summed E-state index contributed by atoms with van der Waals surface area (Å²) in [6, 6.07) is 10.4. The van der Waals surface area contributed by atoms with E-state index in [1.54, 1.807) is 6.92 Å². The minimum atomic E-state index is -1.14. The van der Waals surface area contributed by atoms with Gasteiger partial charge in [-0.15, -0.1) is 0 Å². The molecule has 8 heteroatoms. The average molecular weight is 396 g/mol. The molecule has 0 radical (unpaired) electrons. The van der Waals surface area contributed by atoms with Gasteiger partial charge in [0.15, 0.2) is 5.82 Å². The SMILES string of the molecule is Cc1cc(N2C(=O)C(=O)C(=C(O)c3ccc(F)cc3)C2c2cccc(F)c2)no1. The molecule has 1 aliphatic heterocycles. The van der Waals surface area contributed by atoms with E-state index in [1.807, 2.05) is 0 Å². The third-order valence-electron chi connectivity index (χ3n) is 4.59. The van der Waals surface area contributed by atoms with Crippen LogP contribution in [0.3, 0.4) is 0 Å². The van der Waals surface area contributed by atoms with Gasteiger partial charge in [0.25, 0.3) is 5.78 Å². The van der Waals surface area contributed by atoms with Crippen molar-refractivity contribution in [3.63, 3.8) is 0 Å². The Morgan fingerprint density at radius 2 is 1.79 bits per heavy atom. The molecule has 1 aliphatic rings. The molecule has 1 N–H and O–H groups in total. The van der Waals surface area contributed by atoms with E-state index in [2.05, 4.69) is 5.16 Å². The fourth-order valence-electron chi connectivity index (χ4n) is 3.29. The van der Waals surface area contributed by atoms with Crippen molar-refractivity contribution in [2.45, 2.75) is 13.0 Å². The molecule has 6 nitrogen and oxygen atoms in total. The summed E-state index contributed by atoms with van der Waals surface area (Å²) in [5.41, 5.74) is 0.142. The van der Waals surface area contributed by atoms with Crippen LogP contribution in [0, 0.1) is 18.6 Å². The van der Waals surface area contributed by atoms with E-state index in [9.17, 15) is 23.5 Å². The fraction of sp³-hybridized carbons (Fsp3) is 0.0952. The maximum Gasteiger partial charge on any atom is 0.301 e. The number of carbonyl (C=O) groups excluding carboxylic acids is 2. The van der Waals surface area contributed by atoms with Crippen LogP contribution >= 0.6 is 0 Å². The number of ketones is 1. The number of aliphatic hydroxyl groups excluding tert-OH is 1. The number of aliphatic hydroxyl groups is 1. The highest BCUT2D eigenvalue weighted by molar-refractivity contribution is 6.51. The lowest BCUT2D eigenvalue weighted by Crippen LogP contribution is -2.29. The fourth-order valence-corrected chi connectivity index (χ4v) is 3.29. The molecule has 0 bridgehead atoms. The van der Waals surface area contributed by atoms with Gasteiger partial charge in [-0.3, -0.25) is 14.5 Å². The molecule has 1 unspecified atom stereocenters. The maximum absolute atomic E-state index is 13.9. The summed E-state index contributed by atoms with van der Waals surface area (Å²) >= 11 is 0. The van der Waals surface area contributed by atoms with E-state index in [-0.39, 0.29) is 22.5 Å². The van der Waals surface area contributed by atoms with Crippen molar-refractivity contribution in [3.8, 4) is 0 Å². The first kappa shape index (κ1) is 18.5. The summed E-state index contributed by atoms with van der Waals surface area (Å²) in [5, 5.41) is 14.6. The van der Waals surface area contributed by atoms with Gasteiger partial charge in [0, 0.05) is 11.6 Å². The molecule has 4 rings (SSSR count). The molecule has 1 amide bonds. The first-order valence-electron chi connectivity index (χ1n) is 8.62. The van der Waals surface area contributed by atoms with Crippen LogP contribution in [-0.4, -0.2) is 22.0 Å². The van der Waals surface area contributed by atoms with Crippen molar-refractivity contribution in [1.29, 1.82) is 0 Å². The van der Waals surface area contributed by atoms with Crippen LogP contribution < -0.4 is 4.90 Å². The van der Waals surface area contributed by atoms with E-state index in [1.165, 1.54) is 36.4 Å². The van der Waals surface area contributed by atoms with Gasteiger partial charge in [0.1, 0.15) is 23.2 Å². The zero-order valence-corrected chi connectivity index (χ0v) is 15.1. The second-order valence-corrected chi connectivity index (χ2v) is 6.53. The molecule has 1 aromatic heterocycles. The van der Waals surface area contributed by atoms with Crippen LogP contribution in [0.15, 0.2) is 64.7 Å². The summed E-state index contributed by atoms with van der Waals surface area (Å²) in [4.78, 5) is 26.6. The van der Waals surface area contributed by atoms with Crippen LogP contribution in [0.25, 0.3) is 5.76 Å². The van der Waals surface area contributed by atoms with E-state index >= 15 is 0 Å². The van der Waals surface area contributed by atoms with Crippen LogP contribution in [-0.2, 0) is 9.59 Å². The number of carbonyl (C=O) groups is 2. The monoisotopic (exact) mass is 396 g/mol. The van der Waals surface area contributed by atoms with Crippen molar-refractivity contribution in [3.05, 3.63) is 88.7 Å². The normalized spacial score (nSPS) is 18.4. The Kier molecular flexibility index (Phi) is 4.46. The second kappa shape index (κ2) is 6.97. The van der Waals surface area contributed by atoms with Gasteiger partial charge >= 0.3 is 5.91 Å². The topological polar surface area (TPSA) is 83.6 Å². The minimum Gasteiger partial charge on any atom is -0.507 e. The van der Waals surface area contributed by atoms with E-state index in [4.69, 9.17) is 4.52 Å². The van der Waals surface area contributed by atoms with Crippen molar-refractivity contribution < 1.29 is 28.0 Å². The Balaban J connectivity index is 1.95. The molecule has 0 spiro atoms. The Bertz CT molecular complexity index is 1150. The molecule has 0 aliphatic carbocycles. The summed E-state index contributed by atoms with van der Waals surface area (Å²) < 4.78 is 32.2. The lowest BCUT2D eigenvalue weighted by Gasteiger charge is -2.22. The number of hydrogen-bond acceptors (Lipinski definition) is 5. The molecule has 1 atom stereocenters. The number of hydrogen-bond donors (Lipinski definition) is 1. The van der Waals surface area contributed by atoms with Crippen molar-refractivity contribution >= 4 is 23.3 Å². The Morgan fingerprint density at radius 3 is 2.41 bits per heavy atom. The van der Waals surface area contributed by atoms with Crippen molar-refractivity contribution in [1.82, 2.24) is 5.16 Å². The number of benzene rings is 2. The Morgan fingerprint density at radius 1 is 1.07 bits per heavy atom. The highest BCUT2D eigenvalue weighted by Gasteiger charge is 2.48. The zero-order valence-electron chi connectivity index (χ0n) is 15.1. The number of amides is 1. The lowest BCUT2D eigenvalue weighted by molar-refractivity contribution is -0.132. The summed E-state index contributed by atoms with van der Waals surface area (Å²) in [5.74, 6) is -3.07. The molecule has 29 heavy (non-hydrogen) atoms. The molecular formula is C21H14F2N2O4. The summed E-state index contributed by atoms with van der Waals surface area (Å²) in [7, 11) is 0. The maximum atomic E-state index is 13.9. The standard InChI is InChI=1S/C21H14F2N2O4/c1-11-9-16(24-29-11)25-18(13-3-2-4-15(23)10-13)17(20(27)21(25)28)19(26)12-5-7-14(22)8-6-12/h2-10,18,26H,1H3. The third kappa shape index (κ3) is 3.18. The molecule has 146 valence electrons. The lowest BCUT2D eigenvalue weighted by atomic mass is 9.95. The highest BCUT2D eigenvalue weighted by atomic mass is 19.1. The summed E-state index contributed by atoms with van der Waals surface area (Å²) in [6.45, 7) is 1.61. The molecule has 1 saturated heterocycles. The predicted octanol–water partition coefficient (Wildman–Crippen LogP) is 3.89. The quantitative estimate of drug-likeness (QED) is 0.413. The first-order valence-corrected chi connectivity index (χ1v) is 8.62. The highest BCUT2D eigenvalue weighted by Crippen LogP contribution is 2.41. The Hall–Kier alpha value is -3.81. The van der Waals surface area contributed by atoms with Crippen molar-refractivity contribution in [2.24, 2.45) is 0 Å². The molecule has 1 fully saturated rings. The predicted molar refractivity (Wildman–Crippen MR) is 98.8 cm³/mol. The molecular weight excluding hydrogens is 382 g/mol. The van der Waals surface area contributed by atoms with Gasteiger partial charge in [-0.1, -0.05) is 17.3 Å². The van der Waals surface area contributed by atoms with Crippen LogP contribution in [0.4, 0.5) is 14.6 Å². The van der Waals surface area contributed by atoms with Crippen LogP contribution in [0.5, 0.6) is 0 Å². The molecule has 2 aromatic carbocycles. The van der Waals surface area contributed by atoms with Crippen LogP contribution in [0.1, 0.15) is 22.9 Å². The van der Waals surface area contributed by atoms with E-state index < -0.39 is 35.1 Å². The number of anilines is 1. The second-order valence-electron chi connectivity index (χ2n) is 6.53. The smallest absolute Gasteiger partial charge is 0.301 e. The molecule has 2 heterocycles.